The highest BCUT2D eigenvalue weighted by Crippen LogP contribution is 2.16. The van der Waals surface area contributed by atoms with E-state index in [1.807, 2.05) is 42.5 Å². The average molecular weight is 393 g/mol. The highest BCUT2D eigenvalue weighted by atomic mass is 16.5. The maximum absolute atomic E-state index is 10.7. The lowest BCUT2D eigenvalue weighted by Gasteiger charge is -2.06. The first-order chi connectivity index (χ1) is 14.3. The molecular weight excluding hydrogens is 356 g/mol. The lowest BCUT2D eigenvalue weighted by atomic mass is 10.1. The van der Waals surface area contributed by atoms with Crippen molar-refractivity contribution in [1.82, 2.24) is 0 Å². The standard InChI is InChI=1S/C27H36O2/c1-2-3-4-5-6-7-8-9-10-11-22-29-27-20-18-25(19-21-27)13-12-24-14-16-26(23-28)17-15-24/h12-21,23H,2-11,22H2,1H3/b13-12+. The van der Waals surface area contributed by atoms with Gasteiger partial charge < -0.3 is 4.74 Å². The van der Waals surface area contributed by atoms with Crippen LogP contribution in [0.4, 0.5) is 0 Å². The summed E-state index contributed by atoms with van der Waals surface area (Å²) in [7, 11) is 0. The number of ether oxygens (including phenoxy) is 1. The van der Waals surface area contributed by atoms with Crippen LogP contribution in [0.5, 0.6) is 5.75 Å². The molecule has 2 rings (SSSR count). The van der Waals surface area contributed by atoms with Crippen LogP contribution in [0.3, 0.4) is 0 Å². The van der Waals surface area contributed by atoms with Crippen molar-refractivity contribution in [2.45, 2.75) is 71.1 Å². The van der Waals surface area contributed by atoms with Crippen molar-refractivity contribution >= 4 is 18.4 Å². The molecule has 0 unspecified atom stereocenters. The molecule has 0 spiro atoms. The highest BCUT2D eigenvalue weighted by Gasteiger charge is 1.96. The molecule has 0 aliphatic rings. The molecule has 0 aliphatic carbocycles. The van der Waals surface area contributed by atoms with E-state index in [-0.39, 0.29) is 0 Å². The van der Waals surface area contributed by atoms with Crippen LogP contribution in [0.2, 0.25) is 0 Å². The number of carbonyl (C=O) groups excluding carboxylic acids is 1. The van der Waals surface area contributed by atoms with E-state index in [2.05, 4.69) is 25.1 Å². The lowest BCUT2D eigenvalue weighted by Crippen LogP contribution is -1.97. The number of hydrogen-bond acceptors (Lipinski definition) is 2. The Morgan fingerprint density at radius 1 is 0.621 bits per heavy atom. The van der Waals surface area contributed by atoms with Crippen molar-refractivity contribution in [3.05, 3.63) is 65.2 Å². The molecule has 2 aromatic carbocycles. The maximum Gasteiger partial charge on any atom is 0.150 e. The largest absolute Gasteiger partial charge is 0.494 e. The normalized spacial score (nSPS) is 11.1. The summed E-state index contributed by atoms with van der Waals surface area (Å²) in [6.07, 6.45) is 18.4. The number of aldehydes is 1. The van der Waals surface area contributed by atoms with Crippen LogP contribution >= 0.6 is 0 Å². The van der Waals surface area contributed by atoms with Crippen LogP contribution in [0.1, 0.15) is 92.6 Å². The van der Waals surface area contributed by atoms with Gasteiger partial charge in [-0.1, -0.05) is 113 Å². The van der Waals surface area contributed by atoms with Crippen molar-refractivity contribution < 1.29 is 9.53 Å². The van der Waals surface area contributed by atoms with Crippen LogP contribution in [0.25, 0.3) is 12.2 Å². The summed E-state index contributed by atoms with van der Waals surface area (Å²) in [6.45, 7) is 3.07. The quantitative estimate of drug-likeness (QED) is 0.174. The van der Waals surface area contributed by atoms with Crippen LogP contribution in [-0.2, 0) is 0 Å². The monoisotopic (exact) mass is 392 g/mol. The summed E-state index contributed by atoms with van der Waals surface area (Å²) in [5.74, 6) is 0.938. The van der Waals surface area contributed by atoms with Crippen molar-refractivity contribution in [1.29, 1.82) is 0 Å². The number of benzene rings is 2. The fourth-order valence-corrected chi connectivity index (χ4v) is 3.33. The van der Waals surface area contributed by atoms with Gasteiger partial charge in [-0.3, -0.25) is 4.79 Å². The van der Waals surface area contributed by atoms with Gasteiger partial charge in [0.25, 0.3) is 0 Å². The second kappa shape index (κ2) is 14.6. The number of carbonyl (C=O) groups is 1. The molecule has 0 N–H and O–H groups in total. The predicted octanol–water partition coefficient (Wildman–Crippen LogP) is 7.97. The van der Waals surface area contributed by atoms with Crippen molar-refractivity contribution in [3.63, 3.8) is 0 Å². The van der Waals surface area contributed by atoms with Gasteiger partial charge in [0.15, 0.2) is 0 Å². The molecular formula is C27H36O2. The van der Waals surface area contributed by atoms with Gasteiger partial charge >= 0.3 is 0 Å². The van der Waals surface area contributed by atoms with Crippen molar-refractivity contribution in [2.24, 2.45) is 0 Å². The minimum Gasteiger partial charge on any atom is -0.494 e. The molecule has 0 saturated heterocycles. The van der Waals surface area contributed by atoms with Gasteiger partial charge in [-0.25, -0.2) is 0 Å². The second-order valence-electron chi connectivity index (χ2n) is 7.72. The van der Waals surface area contributed by atoms with Gasteiger partial charge in [-0.2, -0.15) is 0 Å². The molecule has 0 atom stereocenters. The Labute approximate surface area is 177 Å². The first-order valence-electron chi connectivity index (χ1n) is 11.3. The summed E-state index contributed by atoms with van der Waals surface area (Å²) in [4.78, 5) is 10.7. The van der Waals surface area contributed by atoms with E-state index in [4.69, 9.17) is 4.74 Å². The van der Waals surface area contributed by atoms with E-state index in [1.165, 1.54) is 57.8 Å². The fraction of sp³-hybridized carbons (Fsp3) is 0.444. The molecule has 0 bridgehead atoms. The molecule has 0 fully saturated rings. The summed E-state index contributed by atoms with van der Waals surface area (Å²) in [5.41, 5.74) is 2.92. The Morgan fingerprint density at radius 3 is 1.59 bits per heavy atom. The van der Waals surface area contributed by atoms with E-state index in [0.29, 0.717) is 5.56 Å². The molecule has 2 aromatic rings. The summed E-state index contributed by atoms with van der Waals surface area (Å²) in [6, 6.07) is 15.8. The van der Waals surface area contributed by atoms with Gasteiger partial charge in [0.1, 0.15) is 12.0 Å². The van der Waals surface area contributed by atoms with Crippen LogP contribution < -0.4 is 4.74 Å². The van der Waals surface area contributed by atoms with Crippen molar-refractivity contribution in [3.8, 4) is 5.75 Å². The Balaban J connectivity index is 1.57. The Hall–Kier alpha value is -2.35. The smallest absolute Gasteiger partial charge is 0.150 e. The van der Waals surface area contributed by atoms with E-state index in [0.717, 1.165) is 36.2 Å². The Kier molecular flexibility index (Phi) is 11.6. The minimum absolute atomic E-state index is 0.700. The summed E-state index contributed by atoms with van der Waals surface area (Å²) in [5, 5.41) is 0. The van der Waals surface area contributed by atoms with E-state index >= 15 is 0 Å². The highest BCUT2D eigenvalue weighted by molar-refractivity contribution is 5.76. The first-order valence-corrected chi connectivity index (χ1v) is 11.3. The third kappa shape index (κ3) is 10.1. The molecule has 0 saturated carbocycles. The van der Waals surface area contributed by atoms with Gasteiger partial charge in [-0.15, -0.1) is 0 Å². The third-order valence-corrected chi connectivity index (χ3v) is 5.19. The Morgan fingerprint density at radius 2 is 1.07 bits per heavy atom. The molecule has 2 heteroatoms. The van der Waals surface area contributed by atoms with E-state index in [1.54, 1.807) is 0 Å². The number of hydrogen-bond donors (Lipinski definition) is 0. The van der Waals surface area contributed by atoms with Gasteiger partial charge in [0, 0.05) is 5.56 Å². The lowest BCUT2D eigenvalue weighted by molar-refractivity contribution is 0.112. The Bertz CT molecular complexity index is 698. The SMILES string of the molecule is CCCCCCCCCCCCOc1ccc(/C=C/c2ccc(C=O)cc2)cc1. The zero-order chi connectivity index (χ0) is 20.6. The zero-order valence-electron chi connectivity index (χ0n) is 17.9. The summed E-state index contributed by atoms with van der Waals surface area (Å²) >= 11 is 0. The molecule has 0 aliphatic heterocycles. The maximum atomic E-state index is 10.7. The van der Waals surface area contributed by atoms with Gasteiger partial charge in [0.05, 0.1) is 6.61 Å². The van der Waals surface area contributed by atoms with Crippen molar-refractivity contribution in [2.75, 3.05) is 6.61 Å². The van der Waals surface area contributed by atoms with Gasteiger partial charge in [-0.05, 0) is 29.7 Å². The fourth-order valence-electron chi connectivity index (χ4n) is 3.33. The van der Waals surface area contributed by atoms with Gasteiger partial charge in [0.2, 0.25) is 0 Å². The van der Waals surface area contributed by atoms with E-state index in [9.17, 15) is 4.79 Å². The van der Waals surface area contributed by atoms with Crippen LogP contribution in [0, 0.1) is 0 Å². The molecule has 0 heterocycles. The average Bonchev–Trinajstić information content (AvgIpc) is 2.77. The predicted molar refractivity (Wildman–Crippen MR) is 125 cm³/mol. The molecule has 0 aromatic heterocycles. The molecule has 2 nitrogen and oxygen atoms in total. The second-order valence-corrected chi connectivity index (χ2v) is 7.72. The third-order valence-electron chi connectivity index (χ3n) is 5.19. The number of rotatable bonds is 15. The number of unbranched alkanes of at least 4 members (excludes halogenated alkanes) is 9. The zero-order valence-corrected chi connectivity index (χ0v) is 17.9. The molecule has 156 valence electrons. The first kappa shape index (κ1) is 22.9. The molecule has 0 radical (unpaired) electrons. The summed E-state index contributed by atoms with van der Waals surface area (Å²) < 4.78 is 5.86. The molecule has 29 heavy (non-hydrogen) atoms. The van der Waals surface area contributed by atoms with Crippen LogP contribution in [-0.4, -0.2) is 12.9 Å². The topological polar surface area (TPSA) is 26.3 Å². The minimum atomic E-state index is 0.700. The van der Waals surface area contributed by atoms with E-state index < -0.39 is 0 Å². The van der Waals surface area contributed by atoms with Crippen LogP contribution in [0.15, 0.2) is 48.5 Å². The molecule has 0 amide bonds.